The van der Waals surface area contributed by atoms with Crippen LogP contribution in [0.5, 0.6) is 0 Å². The largest absolute Gasteiger partial charge is 4.00 e. The fraction of sp³-hybridized carbons (Fsp3) is 0.281. The van der Waals surface area contributed by atoms with E-state index in [9.17, 15) is 4.79 Å². The van der Waals surface area contributed by atoms with Gasteiger partial charge in [-0.1, -0.05) is 137 Å². The Morgan fingerprint density at radius 2 is 1.29 bits per heavy atom. The maximum Gasteiger partial charge on any atom is 4.00 e. The van der Waals surface area contributed by atoms with E-state index in [-0.39, 0.29) is 56.1 Å². The molecule has 0 aliphatic heterocycles. The Morgan fingerprint density at radius 3 is 1.61 bits per heavy atom. The summed E-state index contributed by atoms with van der Waals surface area (Å²) in [6.45, 7) is 14.9. The predicted molar refractivity (Wildman–Crippen MR) is 152 cm³/mol. The van der Waals surface area contributed by atoms with Crippen molar-refractivity contribution >= 4 is 25.8 Å². The Kier molecular flexibility index (Phi) is 18.8. The molecule has 38 heavy (non-hydrogen) atoms. The molecule has 6 heteroatoms. The van der Waals surface area contributed by atoms with Gasteiger partial charge in [0.05, 0.1) is 5.91 Å². The zero-order chi connectivity index (χ0) is 26.0. The second-order valence-corrected chi connectivity index (χ2v) is 11.2. The first-order chi connectivity index (χ1) is 16.5. The van der Waals surface area contributed by atoms with Gasteiger partial charge in [0.2, 0.25) is 0 Å². The summed E-state index contributed by atoms with van der Waals surface area (Å²) in [5.74, 6) is -0.0592. The van der Waals surface area contributed by atoms with E-state index >= 15 is 0 Å². The Bertz CT molecular complexity index is 1140. The molecule has 1 atom stereocenters. The first-order valence-corrected chi connectivity index (χ1v) is 13.0. The summed E-state index contributed by atoms with van der Waals surface area (Å²) in [5.41, 5.74) is 12.8. The molecule has 1 amide bonds. The molecule has 1 unspecified atom stereocenters. The van der Waals surface area contributed by atoms with E-state index in [1.807, 2.05) is 12.1 Å². The van der Waals surface area contributed by atoms with Crippen molar-refractivity contribution in [3.8, 4) is 0 Å². The molecule has 1 aliphatic rings. The minimum absolute atomic E-state index is 0. The van der Waals surface area contributed by atoms with Gasteiger partial charge in [-0.15, -0.1) is 6.92 Å². The van der Waals surface area contributed by atoms with Gasteiger partial charge in [0, 0.05) is 0 Å². The van der Waals surface area contributed by atoms with Crippen LogP contribution in [-0.2, 0) is 31.3 Å². The van der Waals surface area contributed by atoms with E-state index in [2.05, 4.69) is 115 Å². The van der Waals surface area contributed by atoms with Gasteiger partial charge in [-0.3, -0.25) is 6.08 Å². The SMILES string of the molecule is CC(C)(C)c1cccc(C([NH-])=O)c1.CC1=[C-]C(C)C(C)=C1C.[Cl-].[Cl-].[Hf+4].c1ccc([Si]c2ccccc2)cc1. The number of nitrogens with one attached hydrogen (secondary N) is 1. The summed E-state index contributed by atoms with van der Waals surface area (Å²) in [4.78, 5) is 10.8. The molecule has 3 aromatic carbocycles. The molecular weight excluding hydrogens is 692 g/mol. The number of carbonyl (C=O) groups excluding carboxylic acids is 1. The maximum atomic E-state index is 10.8. The molecule has 1 N–H and O–H groups in total. The van der Waals surface area contributed by atoms with Crippen LogP contribution in [0.1, 0.15) is 64.4 Å². The Labute approximate surface area is 264 Å². The predicted octanol–water partition coefficient (Wildman–Crippen LogP) is 1.25. The molecule has 2 radical (unpaired) electrons. The van der Waals surface area contributed by atoms with Crippen LogP contribution in [0.15, 0.2) is 102 Å². The van der Waals surface area contributed by atoms with Crippen molar-refractivity contribution in [3.63, 3.8) is 0 Å². The fourth-order valence-corrected chi connectivity index (χ4v) is 4.55. The number of rotatable bonds is 3. The van der Waals surface area contributed by atoms with Crippen LogP contribution in [0, 0.1) is 12.0 Å². The number of hydrogen-bond donors (Lipinski definition) is 0. The van der Waals surface area contributed by atoms with E-state index in [0.717, 1.165) is 15.1 Å². The number of halogens is 2. The van der Waals surface area contributed by atoms with Crippen molar-refractivity contribution in [1.82, 2.24) is 0 Å². The molecule has 0 saturated carbocycles. The molecular formula is C32H37Cl2HfNOSi. The Balaban J connectivity index is 0. The molecule has 1 aliphatic carbocycles. The first-order valence-electron chi connectivity index (χ1n) is 12.0. The fourth-order valence-electron chi connectivity index (χ4n) is 3.50. The second kappa shape index (κ2) is 18.5. The van der Waals surface area contributed by atoms with Crippen molar-refractivity contribution in [3.05, 3.63) is 125 Å². The van der Waals surface area contributed by atoms with Crippen LogP contribution in [0.25, 0.3) is 5.73 Å². The third-order valence-electron chi connectivity index (χ3n) is 6.06. The molecule has 4 rings (SSSR count). The normalized spacial score (nSPS) is 13.7. The molecule has 0 aromatic heterocycles. The van der Waals surface area contributed by atoms with Gasteiger partial charge in [-0.05, 0) is 22.6 Å². The van der Waals surface area contributed by atoms with Gasteiger partial charge in [0.25, 0.3) is 0 Å². The van der Waals surface area contributed by atoms with E-state index in [4.69, 9.17) is 5.73 Å². The molecule has 0 heterocycles. The summed E-state index contributed by atoms with van der Waals surface area (Å²) in [5, 5.41) is 2.79. The maximum absolute atomic E-state index is 10.8. The smallest absolute Gasteiger partial charge is 1.00 e. The molecule has 0 spiro atoms. The number of hydrogen-bond acceptors (Lipinski definition) is 1. The van der Waals surface area contributed by atoms with E-state index in [0.29, 0.717) is 11.5 Å². The van der Waals surface area contributed by atoms with Crippen molar-refractivity contribution in [2.24, 2.45) is 5.92 Å². The zero-order valence-electron chi connectivity index (χ0n) is 23.3. The minimum Gasteiger partial charge on any atom is -1.00 e. The molecule has 0 fully saturated rings. The molecule has 3 aromatic rings. The standard InChI is InChI=1S/C12H10Si.C11H15NO.C9H13.2ClH.Hf/c1-3-7-11(8-4-1)13-12-9-5-2-6-10-12;1-11(2,3)9-6-4-5-8(7-9)10(12)13;1-6-5-7(2)9(4)8(6)3;;;/h1-10H;4-7H,1-3H3,(H2,12,13);6H,1-4H3;2*1H;/q;;-1;;;+4/p-3. The van der Waals surface area contributed by atoms with Gasteiger partial charge >= 0.3 is 25.8 Å². The van der Waals surface area contributed by atoms with E-state index in [1.165, 1.54) is 27.1 Å². The average molecular weight is 729 g/mol. The summed E-state index contributed by atoms with van der Waals surface area (Å²) in [6.07, 6.45) is 3.36. The van der Waals surface area contributed by atoms with Crippen LogP contribution in [0.3, 0.4) is 0 Å². The molecule has 2 nitrogen and oxygen atoms in total. The number of amides is 1. The second-order valence-electron chi connectivity index (χ2n) is 9.82. The number of allylic oxidation sites excluding steroid dienone is 4. The van der Waals surface area contributed by atoms with Gasteiger partial charge < -0.3 is 35.3 Å². The van der Waals surface area contributed by atoms with Crippen molar-refractivity contribution in [2.75, 3.05) is 0 Å². The van der Waals surface area contributed by atoms with Crippen LogP contribution in [0.2, 0.25) is 0 Å². The summed E-state index contributed by atoms with van der Waals surface area (Å²) < 4.78 is 0. The van der Waals surface area contributed by atoms with Crippen LogP contribution >= 0.6 is 0 Å². The van der Waals surface area contributed by atoms with Crippen LogP contribution < -0.4 is 35.2 Å². The summed E-state index contributed by atoms with van der Waals surface area (Å²) >= 11 is 0. The first kappa shape index (κ1) is 38.4. The number of carbonyl (C=O) groups is 1. The topological polar surface area (TPSA) is 40.9 Å². The quantitative estimate of drug-likeness (QED) is 0.296. The summed E-state index contributed by atoms with van der Waals surface area (Å²) in [6, 6.07) is 28.4. The third-order valence-corrected chi connectivity index (χ3v) is 7.31. The molecule has 198 valence electrons. The Morgan fingerprint density at radius 1 is 0.816 bits per heavy atom. The number of benzene rings is 3. The van der Waals surface area contributed by atoms with Crippen molar-refractivity contribution < 1.29 is 55.5 Å². The van der Waals surface area contributed by atoms with Gasteiger partial charge in [-0.25, -0.2) is 5.57 Å². The van der Waals surface area contributed by atoms with Crippen molar-refractivity contribution in [1.29, 1.82) is 0 Å². The van der Waals surface area contributed by atoms with E-state index in [1.54, 1.807) is 12.1 Å². The monoisotopic (exact) mass is 729 g/mol. The third kappa shape index (κ3) is 12.9. The van der Waals surface area contributed by atoms with Gasteiger partial charge in [-0.2, -0.15) is 11.1 Å². The Hall–Kier alpha value is -1.72. The average Bonchev–Trinajstić information content (AvgIpc) is 3.06. The minimum atomic E-state index is -0.619. The summed E-state index contributed by atoms with van der Waals surface area (Å²) in [7, 11) is 0.777. The van der Waals surface area contributed by atoms with Gasteiger partial charge in [0.15, 0.2) is 0 Å². The van der Waals surface area contributed by atoms with Crippen molar-refractivity contribution in [2.45, 2.75) is 53.9 Å². The van der Waals surface area contributed by atoms with Crippen LogP contribution in [-0.4, -0.2) is 15.4 Å². The molecule has 0 saturated heterocycles. The van der Waals surface area contributed by atoms with Gasteiger partial charge in [0.1, 0.15) is 9.52 Å². The van der Waals surface area contributed by atoms with E-state index < -0.39 is 5.91 Å². The zero-order valence-corrected chi connectivity index (χ0v) is 29.4. The molecule has 0 bridgehead atoms. The van der Waals surface area contributed by atoms with Crippen LogP contribution in [0.4, 0.5) is 0 Å².